The third-order valence-corrected chi connectivity index (χ3v) is 4.87. The highest BCUT2D eigenvalue weighted by Crippen LogP contribution is 2.27. The lowest BCUT2D eigenvalue weighted by Gasteiger charge is -2.22. The van der Waals surface area contributed by atoms with Crippen LogP contribution in [0.25, 0.3) is 0 Å². The van der Waals surface area contributed by atoms with E-state index in [4.69, 9.17) is 0 Å². The van der Waals surface area contributed by atoms with E-state index in [1.807, 2.05) is 44.3 Å². The maximum atomic E-state index is 12.8. The summed E-state index contributed by atoms with van der Waals surface area (Å²) in [6.07, 6.45) is 0. The number of hydrazine groups is 1. The molecule has 1 aliphatic rings. The molecular weight excluding hydrogens is 356 g/mol. The Hall–Kier alpha value is -3.19. The molecule has 2 aromatic carbocycles. The van der Waals surface area contributed by atoms with E-state index >= 15 is 0 Å². The third-order valence-electron chi connectivity index (χ3n) is 4.87. The number of nitrogens with zero attached hydrogens (tertiary/aromatic N) is 1. The minimum atomic E-state index is -1.20. The molecule has 28 heavy (non-hydrogen) atoms. The highest BCUT2D eigenvalue weighted by Gasteiger charge is 2.50. The van der Waals surface area contributed by atoms with Crippen LogP contribution in [0.4, 0.5) is 4.79 Å². The van der Waals surface area contributed by atoms with Gasteiger partial charge in [0.05, 0.1) is 7.05 Å². The van der Waals surface area contributed by atoms with Crippen LogP contribution in [-0.2, 0) is 21.7 Å². The molecule has 0 radical (unpaired) electrons. The van der Waals surface area contributed by atoms with Gasteiger partial charge >= 0.3 is 6.03 Å². The van der Waals surface area contributed by atoms with Gasteiger partial charge in [0, 0.05) is 5.56 Å². The molecule has 7 heteroatoms. The molecule has 0 saturated carbocycles. The Kier molecular flexibility index (Phi) is 5.46. The Labute approximate surface area is 164 Å². The van der Waals surface area contributed by atoms with Crippen LogP contribution in [0, 0.1) is 6.92 Å². The Balaban J connectivity index is 1.61. The minimum Gasteiger partial charge on any atom is -0.326 e. The third kappa shape index (κ3) is 4.04. The number of benzene rings is 2. The molecule has 0 aromatic heterocycles. The first-order valence-corrected chi connectivity index (χ1v) is 9.18. The lowest BCUT2D eigenvalue weighted by molar-refractivity contribution is -0.885. The minimum absolute atomic E-state index is 0.132. The summed E-state index contributed by atoms with van der Waals surface area (Å²) in [5.74, 6) is -0.904. The SMILES string of the molecule is Cc1ccc(C[NH+](C)CC(=O)NN2C(=O)N[C@@](C)(c3ccccc3)C2=O)cc1. The second kappa shape index (κ2) is 7.82. The maximum Gasteiger partial charge on any atom is 0.344 e. The van der Waals surface area contributed by atoms with Crippen molar-refractivity contribution < 1.29 is 19.3 Å². The quantitative estimate of drug-likeness (QED) is 0.638. The zero-order chi connectivity index (χ0) is 20.3. The Morgan fingerprint density at radius 2 is 1.75 bits per heavy atom. The molecule has 1 saturated heterocycles. The fourth-order valence-electron chi connectivity index (χ4n) is 3.26. The fourth-order valence-corrected chi connectivity index (χ4v) is 3.26. The van der Waals surface area contributed by atoms with E-state index < -0.39 is 23.4 Å². The van der Waals surface area contributed by atoms with Crippen LogP contribution in [-0.4, -0.2) is 36.4 Å². The van der Waals surface area contributed by atoms with Crippen molar-refractivity contribution in [2.24, 2.45) is 0 Å². The summed E-state index contributed by atoms with van der Waals surface area (Å²) in [6, 6.07) is 16.4. The lowest BCUT2D eigenvalue weighted by Crippen LogP contribution is -3.09. The summed E-state index contributed by atoms with van der Waals surface area (Å²) in [5, 5.41) is 3.44. The van der Waals surface area contributed by atoms with Crippen molar-refractivity contribution >= 4 is 17.8 Å². The number of hydrogen-bond acceptors (Lipinski definition) is 3. The van der Waals surface area contributed by atoms with Crippen LogP contribution in [0.2, 0.25) is 0 Å². The van der Waals surface area contributed by atoms with Crippen LogP contribution < -0.4 is 15.6 Å². The van der Waals surface area contributed by atoms with Gasteiger partial charge in [-0.05, 0) is 19.4 Å². The second-order valence-electron chi connectivity index (χ2n) is 7.39. The van der Waals surface area contributed by atoms with E-state index in [-0.39, 0.29) is 6.54 Å². The van der Waals surface area contributed by atoms with Gasteiger partial charge in [-0.3, -0.25) is 15.0 Å². The number of urea groups is 1. The number of quaternary nitrogens is 1. The molecule has 3 N–H and O–H groups in total. The monoisotopic (exact) mass is 381 g/mol. The van der Waals surface area contributed by atoms with Crippen molar-refractivity contribution in [1.29, 1.82) is 0 Å². The zero-order valence-electron chi connectivity index (χ0n) is 16.3. The predicted molar refractivity (Wildman–Crippen MR) is 104 cm³/mol. The first-order valence-electron chi connectivity index (χ1n) is 9.18. The number of nitrogens with one attached hydrogen (secondary N) is 3. The molecule has 0 spiro atoms. The number of likely N-dealkylation sites (N-methyl/N-ethyl adjacent to an activating group) is 1. The molecule has 3 rings (SSSR count). The number of hydrogen-bond donors (Lipinski definition) is 3. The van der Waals surface area contributed by atoms with Gasteiger partial charge in [0.1, 0.15) is 12.1 Å². The summed E-state index contributed by atoms with van der Waals surface area (Å²) < 4.78 is 0. The molecule has 1 heterocycles. The van der Waals surface area contributed by atoms with Crippen LogP contribution in [0.1, 0.15) is 23.6 Å². The molecule has 7 nitrogen and oxygen atoms in total. The van der Waals surface area contributed by atoms with Gasteiger partial charge in [-0.25, -0.2) is 4.79 Å². The summed E-state index contributed by atoms with van der Waals surface area (Å²) in [7, 11) is 1.89. The normalized spacial score (nSPS) is 20.0. The van der Waals surface area contributed by atoms with Crippen molar-refractivity contribution in [2.45, 2.75) is 25.9 Å². The zero-order valence-corrected chi connectivity index (χ0v) is 16.3. The summed E-state index contributed by atoms with van der Waals surface area (Å²) >= 11 is 0. The standard InChI is InChI=1S/C21H24N4O3/c1-15-9-11-16(12-10-15)13-24(3)14-18(26)23-25-19(27)21(2,22-20(25)28)17-7-5-4-6-8-17/h4-12H,13-14H2,1-3H3,(H,22,28)(H,23,26)/p+1/t21-/m0/s1. The van der Waals surface area contributed by atoms with Crippen molar-refractivity contribution in [3.63, 3.8) is 0 Å². The number of amides is 4. The lowest BCUT2D eigenvalue weighted by atomic mass is 9.92. The van der Waals surface area contributed by atoms with Crippen LogP contribution in [0.5, 0.6) is 0 Å². The number of aryl methyl sites for hydroxylation is 1. The Bertz CT molecular complexity index is 882. The largest absolute Gasteiger partial charge is 0.344 e. The molecule has 2 aromatic rings. The van der Waals surface area contributed by atoms with E-state index in [1.165, 1.54) is 5.56 Å². The fraction of sp³-hybridized carbons (Fsp3) is 0.286. The van der Waals surface area contributed by atoms with Gasteiger partial charge in [-0.2, -0.15) is 5.01 Å². The molecular formula is C21H25N4O3+. The van der Waals surface area contributed by atoms with Gasteiger partial charge in [-0.15, -0.1) is 0 Å². The van der Waals surface area contributed by atoms with Crippen molar-refractivity contribution in [3.05, 3.63) is 71.3 Å². The molecule has 0 aliphatic carbocycles. The predicted octanol–water partition coefficient (Wildman–Crippen LogP) is 0.508. The van der Waals surface area contributed by atoms with Crippen LogP contribution in [0.15, 0.2) is 54.6 Å². The summed E-state index contributed by atoms with van der Waals surface area (Å²) in [6.45, 7) is 4.45. The van der Waals surface area contributed by atoms with Crippen molar-refractivity contribution in [1.82, 2.24) is 15.8 Å². The topological polar surface area (TPSA) is 82.9 Å². The van der Waals surface area contributed by atoms with E-state index in [0.29, 0.717) is 12.1 Å². The average molecular weight is 381 g/mol. The second-order valence-corrected chi connectivity index (χ2v) is 7.39. The van der Waals surface area contributed by atoms with Gasteiger partial charge in [0.25, 0.3) is 11.8 Å². The molecule has 4 amide bonds. The molecule has 146 valence electrons. The average Bonchev–Trinajstić information content (AvgIpc) is 2.88. The highest BCUT2D eigenvalue weighted by molar-refractivity contribution is 6.08. The van der Waals surface area contributed by atoms with E-state index in [1.54, 1.807) is 31.2 Å². The summed E-state index contributed by atoms with van der Waals surface area (Å²) in [4.78, 5) is 38.4. The van der Waals surface area contributed by atoms with Gasteiger partial charge in [0.2, 0.25) is 0 Å². The van der Waals surface area contributed by atoms with E-state index in [0.717, 1.165) is 15.5 Å². The van der Waals surface area contributed by atoms with E-state index in [2.05, 4.69) is 10.7 Å². The number of rotatable bonds is 6. The maximum absolute atomic E-state index is 12.8. The van der Waals surface area contributed by atoms with Gasteiger partial charge in [0.15, 0.2) is 6.54 Å². The molecule has 1 fully saturated rings. The van der Waals surface area contributed by atoms with E-state index in [9.17, 15) is 14.4 Å². The van der Waals surface area contributed by atoms with Gasteiger partial charge < -0.3 is 10.2 Å². The summed E-state index contributed by atoms with van der Waals surface area (Å²) in [5.41, 5.74) is 4.19. The van der Waals surface area contributed by atoms with Crippen LogP contribution in [0.3, 0.4) is 0 Å². The molecule has 2 atom stereocenters. The number of carbonyl (C=O) groups excluding carboxylic acids is 3. The first-order chi connectivity index (χ1) is 13.3. The molecule has 0 bridgehead atoms. The van der Waals surface area contributed by atoms with Crippen molar-refractivity contribution in [3.8, 4) is 0 Å². The van der Waals surface area contributed by atoms with Gasteiger partial charge in [-0.1, -0.05) is 60.2 Å². The molecule has 1 unspecified atom stereocenters. The smallest absolute Gasteiger partial charge is 0.326 e. The number of carbonyl (C=O) groups is 3. The Morgan fingerprint density at radius 3 is 2.39 bits per heavy atom. The van der Waals surface area contributed by atoms with Crippen molar-refractivity contribution in [2.75, 3.05) is 13.6 Å². The number of imide groups is 1. The first kappa shape index (κ1) is 19.6. The van der Waals surface area contributed by atoms with Crippen LogP contribution >= 0.6 is 0 Å². The Morgan fingerprint density at radius 1 is 1.11 bits per heavy atom. The highest BCUT2D eigenvalue weighted by atomic mass is 16.2. The molecule has 1 aliphatic heterocycles.